The summed E-state index contributed by atoms with van der Waals surface area (Å²) in [6, 6.07) is 13.0. The molecule has 4 rings (SSSR count). The Morgan fingerprint density at radius 2 is 1.76 bits per heavy atom. The van der Waals surface area contributed by atoms with Crippen LogP contribution < -0.4 is 10.2 Å². The molecule has 2 aromatic rings. The highest BCUT2D eigenvalue weighted by Gasteiger charge is 2.67. The van der Waals surface area contributed by atoms with Crippen LogP contribution in [0.15, 0.2) is 54.6 Å². The Labute approximate surface area is 191 Å². The number of halogens is 3. The molecule has 0 radical (unpaired) electrons. The normalized spacial score (nSPS) is 27.4. The summed E-state index contributed by atoms with van der Waals surface area (Å²) in [6.45, 7) is 0.190. The van der Waals surface area contributed by atoms with Crippen LogP contribution in [0.2, 0.25) is 10.6 Å². The van der Waals surface area contributed by atoms with Crippen molar-refractivity contribution in [2.75, 3.05) is 11.4 Å². The van der Waals surface area contributed by atoms with E-state index in [0.717, 1.165) is 17.0 Å². The van der Waals surface area contributed by atoms with E-state index in [-0.39, 0.29) is 24.1 Å². The molecule has 2 fully saturated rings. The van der Waals surface area contributed by atoms with Gasteiger partial charge in [0.05, 0.1) is 11.3 Å². The maximum Gasteiger partial charge on any atom is 0.416 e. The third-order valence-corrected chi connectivity index (χ3v) is 7.49. The number of carbonyl (C=O) groups excluding carboxylic acids is 3. The molecule has 1 N–H and O–H groups in total. The lowest BCUT2D eigenvalue weighted by atomic mass is 9.37. The predicted molar refractivity (Wildman–Crippen MR) is 123 cm³/mol. The summed E-state index contributed by atoms with van der Waals surface area (Å²) in [6.07, 6.45) is -2.84. The molecular formula is C23H23B2F3N2O3. The molecular weight excluding hydrogens is 431 g/mol. The quantitative estimate of drug-likeness (QED) is 0.571. The number of benzene rings is 2. The van der Waals surface area contributed by atoms with Crippen molar-refractivity contribution in [3.63, 3.8) is 0 Å². The van der Waals surface area contributed by atoms with Crippen molar-refractivity contribution in [2.24, 2.45) is 5.92 Å². The van der Waals surface area contributed by atoms with Crippen molar-refractivity contribution in [1.82, 2.24) is 5.32 Å². The predicted octanol–water partition coefficient (Wildman–Crippen LogP) is 2.39. The molecule has 0 spiro atoms. The van der Waals surface area contributed by atoms with Crippen LogP contribution in [0.5, 0.6) is 0 Å². The number of imide groups is 1. The first-order valence-corrected chi connectivity index (χ1v) is 10.9. The van der Waals surface area contributed by atoms with Crippen LogP contribution in [-0.4, -0.2) is 40.0 Å². The van der Waals surface area contributed by atoms with Gasteiger partial charge in [-0.3, -0.25) is 19.3 Å². The summed E-state index contributed by atoms with van der Waals surface area (Å²) in [4.78, 5) is 40.6. The Morgan fingerprint density at radius 3 is 2.42 bits per heavy atom. The van der Waals surface area contributed by atoms with Crippen LogP contribution in [0.3, 0.4) is 0 Å². The molecule has 0 bridgehead atoms. The van der Waals surface area contributed by atoms with Gasteiger partial charge in [-0.1, -0.05) is 30.7 Å². The zero-order chi connectivity index (χ0) is 24.0. The van der Waals surface area contributed by atoms with Gasteiger partial charge in [0, 0.05) is 22.7 Å². The smallest absolute Gasteiger partial charge is 0.352 e. The van der Waals surface area contributed by atoms with Gasteiger partial charge in [0.25, 0.3) is 5.91 Å². The second kappa shape index (κ2) is 8.08. The summed E-state index contributed by atoms with van der Waals surface area (Å²) in [5.41, 5.74) is -0.512. The molecule has 1 heterocycles. The van der Waals surface area contributed by atoms with Crippen molar-refractivity contribution in [3.8, 4) is 0 Å². The number of fused-ring (bicyclic) bond motifs is 1. The lowest BCUT2D eigenvalue weighted by molar-refractivity contribution is -0.137. The molecule has 33 heavy (non-hydrogen) atoms. The topological polar surface area (TPSA) is 66.5 Å². The summed E-state index contributed by atoms with van der Waals surface area (Å²) in [7, 11) is 3.42. The maximum atomic E-state index is 13.7. The average Bonchev–Trinajstić information content (AvgIpc) is 2.95. The number of nitrogens with zero attached hydrogens (tertiary/aromatic N) is 1. The van der Waals surface area contributed by atoms with Crippen LogP contribution in [0, 0.1) is 5.92 Å². The van der Waals surface area contributed by atoms with Crippen LogP contribution in [0.4, 0.5) is 18.9 Å². The van der Waals surface area contributed by atoms with Crippen molar-refractivity contribution in [3.05, 3.63) is 65.7 Å². The van der Waals surface area contributed by atoms with Crippen molar-refractivity contribution < 1.29 is 27.6 Å². The van der Waals surface area contributed by atoms with Gasteiger partial charge in [-0.25, -0.2) is 0 Å². The minimum Gasteiger partial charge on any atom is -0.352 e. The fraction of sp³-hybridized carbons (Fsp3) is 0.348. The first-order valence-electron chi connectivity index (χ1n) is 10.9. The second-order valence-electron chi connectivity index (χ2n) is 9.19. The van der Waals surface area contributed by atoms with Crippen LogP contribution in [0.25, 0.3) is 0 Å². The molecule has 2 aromatic carbocycles. The molecule has 3 atom stereocenters. The Bertz CT molecular complexity index is 1110. The first-order chi connectivity index (χ1) is 15.5. The second-order valence-corrected chi connectivity index (χ2v) is 9.19. The van der Waals surface area contributed by atoms with E-state index in [1.54, 1.807) is 46.0 Å². The number of carbonyl (C=O) groups is 3. The molecule has 1 saturated heterocycles. The molecule has 3 amide bonds. The highest BCUT2D eigenvalue weighted by atomic mass is 19.4. The number of nitrogens with one attached hydrogen (secondary N) is 1. The molecule has 1 saturated carbocycles. The van der Waals surface area contributed by atoms with Crippen molar-refractivity contribution >= 4 is 39.1 Å². The number of amides is 3. The van der Waals surface area contributed by atoms with E-state index in [1.165, 1.54) is 12.1 Å². The fourth-order valence-corrected chi connectivity index (χ4v) is 5.28. The van der Waals surface area contributed by atoms with Gasteiger partial charge in [-0.15, -0.1) is 0 Å². The monoisotopic (exact) mass is 454 g/mol. The van der Waals surface area contributed by atoms with Crippen LogP contribution in [0.1, 0.15) is 35.2 Å². The SMILES string of the molecule is B[C@@]12CCCC(CNC(=O)c3ccccc3)[C@]1(B)C(=O)N(c1cccc(C(F)(F)F)c1)C2=O. The van der Waals surface area contributed by atoms with Crippen molar-refractivity contribution in [1.29, 1.82) is 0 Å². The highest BCUT2D eigenvalue weighted by Crippen LogP contribution is 2.66. The lowest BCUT2D eigenvalue weighted by Crippen LogP contribution is -2.47. The lowest BCUT2D eigenvalue weighted by Gasteiger charge is -2.47. The molecule has 0 aromatic heterocycles. The number of anilines is 1. The number of rotatable bonds is 4. The molecule has 1 unspecified atom stereocenters. The largest absolute Gasteiger partial charge is 0.416 e. The van der Waals surface area contributed by atoms with Gasteiger partial charge < -0.3 is 5.32 Å². The molecule has 10 heteroatoms. The van der Waals surface area contributed by atoms with Crippen molar-refractivity contribution in [2.45, 2.75) is 36.1 Å². The Morgan fingerprint density at radius 1 is 1.06 bits per heavy atom. The van der Waals surface area contributed by atoms with E-state index < -0.39 is 34.2 Å². The van der Waals surface area contributed by atoms with Gasteiger partial charge in [-0.05, 0) is 49.1 Å². The maximum absolute atomic E-state index is 13.7. The highest BCUT2D eigenvalue weighted by molar-refractivity contribution is 6.53. The molecule has 2 aliphatic rings. The summed E-state index contributed by atoms with van der Waals surface area (Å²) in [5.74, 6) is -1.63. The zero-order valence-electron chi connectivity index (χ0n) is 18.4. The standard InChI is InChI=1S/C23H23B2F3N2O3/c24-21-11-5-9-16(13-29-18(31)14-6-2-1-3-7-14)22(21,25)20(33)30(19(21)32)17-10-4-8-15(12-17)23(26,27)28/h1-4,6-8,10,12,16H,5,9,11,13,24-25H2,(H,29,31)/t16?,21-,22+/m1/s1. The first kappa shape index (κ1) is 23.1. The molecule has 170 valence electrons. The minimum atomic E-state index is -4.59. The van der Waals surface area contributed by atoms with Crippen LogP contribution in [-0.2, 0) is 15.8 Å². The van der Waals surface area contributed by atoms with Gasteiger partial charge in [0.2, 0.25) is 11.8 Å². The number of alkyl halides is 3. The minimum absolute atomic E-state index is 0.0799. The van der Waals surface area contributed by atoms with Crippen LogP contribution >= 0.6 is 0 Å². The van der Waals surface area contributed by atoms with E-state index in [4.69, 9.17) is 0 Å². The van der Waals surface area contributed by atoms with E-state index in [2.05, 4.69) is 5.32 Å². The van der Waals surface area contributed by atoms with Gasteiger partial charge in [0.1, 0.15) is 15.7 Å². The third kappa shape index (κ3) is 3.65. The van der Waals surface area contributed by atoms with E-state index in [0.29, 0.717) is 24.8 Å². The molecule has 5 nitrogen and oxygen atoms in total. The Balaban J connectivity index is 1.64. The summed E-state index contributed by atoms with van der Waals surface area (Å²) >= 11 is 0. The van der Waals surface area contributed by atoms with E-state index >= 15 is 0 Å². The fourth-order valence-electron chi connectivity index (χ4n) is 5.28. The van der Waals surface area contributed by atoms with Gasteiger partial charge >= 0.3 is 6.18 Å². The van der Waals surface area contributed by atoms with E-state index in [1.807, 2.05) is 0 Å². The summed E-state index contributed by atoms with van der Waals surface area (Å²) in [5, 5.41) is 0.650. The Hall–Kier alpha value is -3.03. The van der Waals surface area contributed by atoms with E-state index in [9.17, 15) is 27.6 Å². The number of hydrogen-bond acceptors (Lipinski definition) is 3. The van der Waals surface area contributed by atoms with Gasteiger partial charge in [-0.2, -0.15) is 13.2 Å². The third-order valence-electron chi connectivity index (χ3n) is 7.49. The summed E-state index contributed by atoms with van der Waals surface area (Å²) < 4.78 is 39.7. The Kier molecular flexibility index (Phi) is 5.66. The number of hydrogen-bond donors (Lipinski definition) is 1. The van der Waals surface area contributed by atoms with Gasteiger partial charge in [0.15, 0.2) is 0 Å². The zero-order valence-corrected chi connectivity index (χ0v) is 18.4. The molecule has 1 aliphatic heterocycles. The molecule has 1 aliphatic carbocycles. The average molecular weight is 454 g/mol.